The molecule has 2 amide bonds. The van der Waals surface area contributed by atoms with E-state index in [9.17, 15) is 9.59 Å². The SMILES string of the molecule is O=C1[C@H]2CCCC[C@@H]2C(=O)N1CN1CCN(Cc2nc(-c3cccs3)no2)CC1. The number of fused-ring (bicyclic) bond motifs is 1. The van der Waals surface area contributed by atoms with Crippen LogP contribution >= 0.6 is 11.3 Å². The molecule has 1 saturated carbocycles. The van der Waals surface area contributed by atoms with Gasteiger partial charge in [0, 0.05) is 26.2 Å². The first-order valence-electron chi connectivity index (χ1n) is 10.4. The first-order chi connectivity index (χ1) is 14.2. The van der Waals surface area contributed by atoms with Crippen molar-refractivity contribution in [2.75, 3.05) is 32.8 Å². The molecule has 0 spiro atoms. The lowest BCUT2D eigenvalue weighted by molar-refractivity contribution is -0.142. The second-order valence-electron chi connectivity index (χ2n) is 8.13. The Kier molecular flexibility index (Phi) is 5.19. The van der Waals surface area contributed by atoms with Crippen LogP contribution in [-0.2, 0) is 16.1 Å². The fourth-order valence-electron chi connectivity index (χ4n) is 4.68. The molecule has 154 valence electrons. The van der Waals surface area contributed by atoms with Gasteiger partial charge in [-0.2, -0.15) is 4.98 Å². The van der Waals surface area contributed by atoms with Crippen LogP contribution in [-0.4, -0.2) is 69.5 Å². The summed E-state index contributed by atoms with van der Waals surface area (Å²) < 4.78 is 5.40. The van der Waals surface area contributed by atoms with Gasteiger partial charge in [-0.05, 0) is 24.3 Å². The minimum Gasteiger partial charge on any atom is -0.338 e. The molecule has 0 N–H and O–H groups in total. The number of carbonyl (C=O) groups excluding carboxylic acids is 2. The number of rotatable bonds is 5. The standard InChI is InChI=1S/C20H25N5O3S/c26-19-14-4-1-2-5-15(14)20(27)25(19)13-24-9-7-23(8-10-24)12-17-21-18(22-28-17)16-6-3-11-29-16/h3,6,11,14-15H,1-2,4-5,7-10,12-13H2/t14-,15-/m0/s1. The van der Waals surface area contributed by atoms with Crippen molar-refractivity contribution < 1.29 is 14.1 Å². The van der Waals surface area contributed by atoms with Gasteiger partial charge in [0.2, 0.25) is 23.5 Å². The molecule has 8 nitrogen and oxygen atoms in total. The monoisotopic (exact) mass is 415 g/mol. The number of aromatic nitrogens is 2. The Morgan fingerprint density at radius 2 is 1.72 bits per heavy atom. The lowest BCUT2D eigenvalue weighted by Crippen LogP contribution is -2.51. The van der Waals surface area contributed by atoms with Gasteiger partial charge in [-0.3, -0.25) is 24.3 Å². The van der Waals surface area contributed by atoms with E-state index in [-0.39, 0.29) is 23.7 Å². The fraction of sp³-hybridized carbons (Fsp3) is 0.600. The molecule has 4 heterocycles. The minimum atomic E-state index is -0.0624. The largest absolute Gasteiger partial charge is 0.338 e. The summed E-state index contributed by atoms with van der Waals surface area (Å²) in [5, 5.41) is 6.06. The highest BCUT2D eigenvalue weighted by Gasteiger charge is 2.48. The zero-order valence-corrected chi connectivity index (χ0v) is 17.1. The number of thiophene rings is 1. The maximum atomic E-state index is 12.7. The molecular formula is C20H25N5O3S. The van der Waals surface area contributed by atoms with E-state index >= 15 is 0 Å². The molecule has 2 atom stereocenters. The van der Waals surface area contributed by atoms with Gasteiger partial charge >= 0.3 is 0 Å². The number of imide groups is 1. The summed E-state index contributed by atoms with van der Waals surface area (Å²) in [7, 11) is 0. The third kappa shape index (κ3) is 3.74. The van der Waals surface area contributed by atoms with E-state index in [4.69, 9.17) is 4.52 Å². The van der Waals surface area contributed by atoms with E-state index in [2.05, 4.69) is 19.9 Å². The van der Waals surface area contributed by atoms with Crippen LogP contribution in [0, 0.1) is 11.8 Å². The average Bonchev–Trinajstić information content (AvgIpc) is 3.48. The highest BCUT2D eigenvalue weighted by atomic mass is 32.1. The van der Waals surface area contributed by atoms with Crippen molar-refractivity contribution in [3.05, 3.63) is 23.4 Å². The molecule has 2 aromatic heterocycles. The summed E-state index contributed by atoms with van der Waals surface area (Å²) in [6.07, 6.45) is 3.88. The molecule has 2 aliphatic heterocycles. The van der Waals surface area contributed by atoms with E-state index in [1.807, 2.05) is 17.5 Å². The number of piperazine rings is 1. The molecule has 9 heteroatoms. The minimum absolute atomic E-state index is 0.0501. The summed E-state index contributed by atoms with van der Waals surface area (Å²) >= 11 is 1.59. The van der Waals surface area contributed by atoms with Crippen LogP contribution in [0.3, 0.4) is 0 Å². The molecule has 5 rings (SSSR count). The smallest absolute Gasteiger partial charge is 0.241 e. The number of hydrogen-bond donors (Lipinski definition) is 0. The molecular weight excluding hydrogens is 390 g/mol. The summed E-state index contributed by atoms with van der Waals surface area (Å²) in [5.41, 5.74) is 0. The molecule has 3 fully saturated rings. The van der Waals surface area contributed by atoms with Crippen molar-refractivity contribution in [3.8, 4) is 10.7 Å². The maximum Gasteiger partial charge on any atom is 0.241 e. The van der Waals surface area contributed by atoms with Gasteiger partial charge < -0.3 is 4.52 Å². The van der Waals surface area contributed by atoms with Crippen molar-refractivity contribution in [1.29, 1.82) is 0 Å². The molecule has 0 aromatic carbocycles. The fourth-order valence-corrected chi connectivity index (χ4v) is 5.32. The van der Waals surface area contributed by atoms with Gasteiger partial charge in [0.1, 0.15) is 0 Å². The van der Waals surface area contributed by atoms with E-state index < -0.39 is 0 Å². The highest BCUT2D eigenvalue weighted by Crippen LogP contribution is 2.38. The topological polar surface area (TPSA) is 82.8 Å². The predicted molar refractivity (Wildman–Crippen MR) is 107 cm³/mol. The van der Waals surface area contributed by atoms with Gasteiger partial charge in [-0.15, -0.1) is 11.3 Å². The van der Waals surface area contributed by atoms with Crippen LogP contribution in [0.25, 0.3) is 10.7 Å². The first-order valence-corrected chi connectivity index (χ1v) is 11.2. The summed E-state index contributed by atoms with van der Waals surface area (Å²) in [6.45, 7) is 4.38. The van der Waals surface area contributed by atoms with Crippen LogP contribution in [0.2, 0.25) is 0 Å². The summed E-state index contributed by atoms with van der Waals surface area (Å²) in [5.74, 6) is 1.24. The maximum absolute atomic E-state index is 12.7. The molecule has 0 radical (unpaired) electrons. The Balaban J connectivity index is 1.13. The van der Waals surface area contributed by atoms with Crippen molar-refractivity contribution >= 4 is 23.2 Å². The second kappa shape index (κ2) is 7.97. The Morgan fingerprint density at radius 1 is 1.03 bits per heavy atom. The van der Waals surface area contributed by atoms with Crippen molar-refractivity contribution in [3.63, 3.8) is 0 Å². The van der Waals surface area contributed by atoms with Gasteiger partial charge in [0.25, 0.3) is 0 Å². The van der Waals surface area contributed by atoms with Crippen molar-refractivity contribution in [2.45, 2.75) is 32.2 Å². The van der Waals surface area contributed by atoms with Crippen LogP contribution < -0.4 is 0 Å². The highest BCUT2D eigenvalue weighted by molar-refractivity contribution is 7.13. The van der Waals surface area contributed by atoms with Crippen LogP contribution in [0.4, 0.5) is 0 Å². The molecule has 3 aliphatic rings. The third-order valence-corrected chi connectivity index (χ3v) is 7.17. The molecule has 1 aliphatic carbocycles. The normalized spacial score (nSPS) is 26.3. The number of hydrogen-bond acceptors (Lipinski definition) is 8. The lowest BCUT2D eigenvalue weighted by Gasteiger charge is -2.35. The van der Waals surface area contributed by atoms with Gasteiger partial charge in [-0.1, -0.05) is 24.1 Å². The number of nitrogens with zero attached hydrogens (tertiary/aromatic N) is 5. The van der Waals surface area contributed by atoms with Crippen molar-refractivity contribution in [1.82, 2.24) is 24.8 Å². The Morgan fingerprint density at radius 3 is 2.38 bits per heavy atom. The lowest BCUT2D eigenvalue weighted by atomic mass is 9.81. The predicted octanol–water partition coefficient (Wildman–Crippen LogP) is 2.05. The zero-order chi connectivity index (χ0) is 19.8. The first kappa shape index (κ1) is 18.9. The number of amides is 2. The van der Waals surface area contributed by atoms with E-state index in [1.165, 1.54) is 4.90 Å². The molecule has 2 saturated heterocycles. The van der Waals surface area contributed by atoms with Gasteiger partial charge in [0.15, 0.2) is 0 Å². The summed E-state index contributed by atoms with van der Waals surface area (Å²) in [6, 6.07) is 3.95. The molecule has 29 heavy (non-hydrogen) atoms. The van der Waals surface area contributed by atoms with Crippen LogP contribution in [0.5, 0.6) is 0 Å². The third-order valence-electron chi connectivity index (χ3n) is 6.31. The second-order valence-corrected chi connectivity index (χ2v) is 9.07. The average molecular weight is 416 g/mol. The van der Waals surface area contributed by atoms with E-state index in [0.29, 0.717) is 24.9 Å². The Labute approximate surface area is 173 Å². The molecule has 2 aromatic rings. The van der Waals surface area contributed by atoms with Gasteiger partial charge in [0.05, 0.1) is 29.9 Å². The zero-order valence-electron chi connectivity index (χ0n) is 16.3. The van der Waals surface area contributed by atoms with Crippen LogP contribution in [0.15, 0.2) is 22.0 Å². The summed E-state index contributed by atoms with van der Waals surface area (Å²) in [4.78, 5) is 36.8. The molecule has 0 bridgehead atoms. The quantitative estimate of drug-likeness (QED) is 0.691. The van der Waals surface area contributed by atoms with Gasteiger partial charge in [-0.25, -0.2) is 0 Å². The van der Waals surface area contributed by atoms with Crippen molar-refractivity contribution in [2.24, 2.45) is 11.8 Å². The Hall–Kier alpha value is -2.10. The van der Waals surface area contributed by atoms with Crippen LogP contribution in [0.1, 0.15) is 31.6 Å². The van der Waals surface area contributed by atoms with E-state index in [1.54, 1.807) is 11.3 Å². The Bertz CT molecular complexity index is 851. The van der Waals surface area contributed by atoms with E-state index in [0.717, 1.165) is 56.7 Å². The number of carbonyl (C=O) groups is 2. The molecule has 0 unspecified atom stereocenters. The number of likely N-dealkylation sites (tertiary alicyclic amines) is 1.